The maximum absolute atomic E-state index is 13.2. The van der Waals surface area contributed by atoms with E-state index >= 15 is 0 Å². The normalized spacial score (nSPS) is 17.6. The highest BCUT2D eigenvalue weighted by Gasteiger charge is 2.37. The SMILES string of the molecule is O=C(Nc1cc(Cl)ccc1-n1cncn1)[C@@H]1CCCCN1S(=O)(=O)c1ccccc1. The van der Waals surface area contributed by atoms with E-state index in [-0.39, 0.29) is 4.90 Å². The van der Waals surface area contributed by atoms with Gasteiger partial charge in [-0.05, 0) is 43.2 Å². The first-order valence-electron chi connectivity index (χ1n) is 9.49. The third-order valence-corrected chi connectivity index (χ3v) is 7.15. The molecule has 0 spiro atoms. The van der Waals surface area contributed by atoms with E-state index in [1.807, 2.05) is 0 Å². The zero-order chi connectivity index (χ0) is 21.1. The van der Waals surface area contributed by atoms with Gasteiger partial charge in [-0.3, -0.25) is 4.79 Å². The largest absolute Gasteiger partial charge is 0.323 e. The molecule has 4 rings (SSSR count). The Bertz CT molecular complexity index is 1140. The predicted octanol–water partition coefficient (Wildman–Crippen LogP) is 3.10. The number of amides is 1. The molecule has 0 saturated carbocycles. The molecule has 1 aliphatic heterocycles. The molecule has 1 amide bonds. The minimum absolute atomic E-state index is 0.177. The first-order valence-corrected chi connectivity index (χ1v) is 11.3. The lowest BCUT2D eigenvalue weighted by Gasteiger charge is -2.33. The lowest BCUT2D eigenvalue weighted by atomic mass is 10.0. The fraction of sp³-hybridized carbons (Fsp3) is 0.250. The molecule has 30 heavy (non-hydrogen) atoms. The smallest absolute Gasteiger partial charge is 0.243 e. The van der Waals surface area contributed by atoms with Crippen LogP contribution in [0.5, 0.6) is 0 Å². The number of piperidine rings is 1. The summed E-state index contributed by atoms with van der Waals surface area (Å²) in [5, 5.41) is 7.38. The summed E-state index contributed by atoms with van der Waals surface area (Å²) in [6.07, 6.45) is 4.81. The van der Waals surface area contributed by atoms with Gasteiger partial charge in [-0.2, -0.15) is 9.40 Å². The lowest BCUT2D eigenvalue weighted by Crippen LogP contribution is -2.49. The molecule has 1 aromatic heterocycles. The van der Waals surface area contributed by atoms with Crippen molar-refractivity contribution in [3.05, 3.63) is 66.2 Å². The number of carbonyl (C=O) groups excluding carboxylic acids is 1. The molecule has 1 aliphatic rings. The van der Waals surface area contributed by atoms with Gasteiger partial charge in [0.25, 0.3) is 0 Å². The molecule has 0 radical (unpaired) electrons. The fourth-order valence-corrected chi connectivity index (χ4v) is 5.39. The Morgan fingerprint density at radius 2 is 1.93 bits per heavy atom. The minimum Gasteiger partial charge on any atom is -0.323 e. The van der Waals surface area contributed by atoms with E-state index < -0.39 is 22.0 Å². The van der Waals surface area contributed by atoms with Crippen LogP contribution in [0, 0.1) is 0 Å². The van der Waals surface area contributed by atoms with E-state index in [9.17, 15) is 13.2 Å². The Hall–Kier alpha value is -2.75. The van der Waals surface area contributed by atoms with E-state index in [1.165, 1.54) is 21.6 Å². The summed E-state index contributed by atoms with van der Waals surface area (Å²) in [5.74, 6) is -0.405. The first-order chi connectivity index (χ1) is 14.5. The fourth-order valence-electron chi connectivity index (χ4n) is 3.54. The molecular weight excluding hydrogens is 426 g/mol. The summed E-state index contributed by atoms with van der Waals surface area (Å²) in [7, 11) is -3.79. The van der Waals surface area contributed by atoms with Crippen molar-refractivity contribution in [2.24, 2.45) is 0 Å². The second-order valence-electron chi connectivity index (χ2n) is 6.93. The van der Waals surface area contributed by atoms with Crippen LogP contribution in [-0.2, 0) is 14.8 Å². The van der Waals surface area contributed by atoms with Crippen LogP contribution >= 0.6 is 11.6 Å². The molecule has 1 N–H and O–H groups in total. The number of nitrogens with one attached hydrogen (secondary N) is 1. The molecular formula is C20H20ClN5O3S. The zero-order valence-corrected chi connectivity index (χ0v) is 17.6. The van der Waals surface area contributed by atoms with Gasteiger partial charge in [0.15, 0.2) is 0 Å². The highest BCUT2D eigenvalue weighted by Crippen LogP contribution is 2.28. The van der Waals surface area contributed by atoms with Gasteiger partial charge < -0.3 is 5.32 Å². The molecule has 8 nitrogen and oxygen atoms in total. The second kappa shape index (κ2) is 8.55. The first kappa shape index (κ1) is 20.5. The summed E-state index contributed by atoms with van der Waals surface area (Å²) in [4.78, 5) is 17.3. The molecule has 10 heteroatoms. The van der Waals surface area contributed by atoms with Crippen LogP contribution in [0.4, 0.5) is 5.69 Å². The number of hydrogen-bond acceptors (Lipinski definition) is 5. The summed E-state index contributed by atoms with van der Waals surface area (Å²) in [6, 6.07) is 12.4. The van der Waals surface area contributed by atoms with Crippen molar-refractivity contribution in [1.29, 1.82) is 0 Å². The minimum atomic E-state index is -3.79. The Morgan fingerprint density at radius 1 is 1.13 bits per heavy atom. The number of anilines is 1. The van der Waals surface area contributed by atoms with Crippen molar-refractivity contribution in [3.63, 3.8) is 0 Å². The van der Waals surface area contributed by atoms with Crippen LogP contribution in [0.15, 0.2) is 66.1 Å². The Morgan fingerprint density at radius 3 is 2.67 bits per heavy atom. The summed E-state index contributed by atoms with van der Waals surface area (Å²) in [5.41, 5.74) is 1.01. The van der Waals surface area contributed by atoms with E-state index in [4.69, 9.17) is 11.6 Å². The van der Waals surface area contributed by atoms with E-state index in [1.54, 1.807) is 48.5 Å². The number of benzene rings is 2. The van der Waals surface area contributed by atoms with Crippen LogP contribution in [0.3, 0.4) is 0 Å². The average Bonchev–Trinajstić information content (AvgIpc) is 3.29. The molecule has 156 valence electrons. The Balaban J connectivity index is 1.64. The van der Waals surface area contributed by atoms with Crippen molar-refractivity contribution >= 4 is 33.2 Å². The monoisotopic (exact) mass is 445 g/mol. The van der Waals surface area contributed by atoms with Gasteiger partial charge in [-0.1, -0.05) is 36.2 Å². The Kier molecular flexibility index (Phi) is 5.85. The van der Waals surface area contributed by atoms with E-state index in [2.05, 4.69) is 15.4 Å². The molecule has 1 fully saturated rings. The molecule has 2 aromatic carbocycles. The number of carbonyl (C=O) groups is 1. The number of nitrogens with zero attached hydrogens (tertiary/aromatic N) is 4. The maximum atomic E-state index is 13.2. The van der Waals surface area contributed by atoms with Crippen LogP contribution in [0.25, 0.3) is 5.69 Å². The molecule has 0 aliphatic carbocycles. The van der Waals surface area contributed by atoms with Crippen molar-refractivity contribution in [2.45, 2.75) is 30.2 Å². The van der Waals surface area contributed by atoms with Crippen molar-refractivity contribution in [2.75, 3.05) is 11.9 Å². The number of sulfonamides is 1. The van der Waals surface area contributed by atoms with E-state index in [0.717, 1.165) is 6.42 Å². The molecule has 1 saturated heterocycles. The number of rotatable bonds is 5. The number of halogens is 1. The Labute approximate surface area is 179 Å². The lowest BCUT2D eigenvalue weighted by molar-refractivity contribution is -0.120. The molecule has 2 heterocycles. The topological polar surface area (TPSA) is 97.2 Å². The van der Waals surface area contributed by atoms with Crippen molar-refractivity contribution in [1.82, 2.24) is 19.1 Å². The quantitative estimate of drug-likeness (QED) is 0.650. The number of hydrogen-bond donors (Lipinski definition) is 1. The van der Waals surface area contributed by atoms with Crippen molar-refractivity contribution in [3.8, 4) is 5.69 Å². The van der Waals surface area contributed by atoms with E-state index in [0.29, 0.717) is 35.8 Å². The third-order valence-electron chi connectivity index (χ3n) is 4.99. The maximum Gasteiger partial charge on any atom is 0.243 e. The van der Waals surface area contributed by atoms with Crippen LogP contribution in [0.1, 0.15) is 19.3 Å². The second-order valence-corrected chi connectivity index (χ2v) is 9.26. The number of aromatic nitrogens is 3. The summed E-state index contributed by atoms with van der Waals surface area (Å²) < 4.78 is 29.1. The van der Waals surface area contributed by atoms with Gasteiger partial charge in [0.05, 0.1) is 16.3 Å². The van der Waals surface area contributed by atoms with Crippen LogP contribution in [0.2, 0.25) is 5.02 Å². The van der Waals surface area contributed by atoms with Gasteiger partial charge in [0, 0.05) is 11.6 Å². The molecule has 1 atom stereocenters. The third kappa shape index (κ3) is 4.09. The van der Waals surface area contributed by atoms with Crippen molar-refractivity contribution < 1.29 is 13.2 Å². The van der Waals surface area contributed by atoms with Gasteiger partial charge in [-0.25, -0.2) is 18.1 Å². The average molecular weight is 446 g/mol. The molecule has 0 unspecified atom stereocenters. The molecule has 0 bridgehead atoms. The summed E-state index contributed by atoms with van der Waals surface area (Å²) >= 11 is 6.13. The highest BCUT2D eigenvalue weighted by atomic mass is 35.5. The van der Waals surface area contributed by atoms with Gasteiger partial charge >= 0.3 is 0 Å². The standard InChI is InChI=1S/C20H20ClN5O3S/c21-15-9-10-18(25-14-22-13-23-25)17(12-15)24-20(27)19-8-4-5-11-26(19)30(28,29)16-6-2-1-3-7-16/h1-3,6-7,9-10,12-14,19H,4-5,8,11H2,(H,24,27)/t19-/m0/s1. The predicted molar refractivity (Wildman–Crippen MR) is 113 cm³/mol. The van der Waals surface area contributed by atoms with Crippen LogP contribution in [-0.4, -0.2) is 46.0 Å². The molecule has 3 aromatic rings. The summed E-state index contributed by atoms with van der Waals surface area (Å²) in [6.45, 7) is 0.292. The van der Waals surface area contributed by atoms with Gasteiger partial charge in [-0.15, -0.1) is 0 Å². The zero-order valence-electron chi connectivity index (χ0n) is 16.0. The van der Waals surface area contributed by atoms with Gasteiger partial charge in [0.1, 0.15) is 18.7 Å². The van der Waals surface area contributed by atoms with Gasteiger partial charge in [0.2, 0.25) is 15.9 Å². The highest BCUT2D eigenvalue weighted by molar-refractivity contribution is 7.89. The van der Waals surface area contributed by atoms with Crippen LogP contribution < -0.4 is 5.32 Å².